The molecule has 3 rings (SSSR count). The second-order valence-corrected chi connectivity index (χ2v) is 6.95. The van der Waals surface area contributed by atoms with Crippen molar-refractivity contribution in [2.24, 2.45) is 0 Å². The molecule has 24 heavy (non-hydrogen) atoms. The molecule has 1 aliphatic rings. The number of aromatic nitrogens is 2. The van der Waals surface area contributed by atoms with E-state index in [-0.39, 0.29) is 17.6 Å². The second-order valence-electron chi connectivity index (χ2n) is 5.83. The number of thiazole rings is 1. The number of pyridine rings is 1. The molecule has 1 aliphatic carbocycles. The maximum Gasteiger partial charge on any atom is 0.354 e. The predicted molar refractivity (Wildman–Crippen MR) is 90.5 cm³/mol. The van der Waals surface area contributed by atoms with Crippen molar-refractivity contribution in [3.8, 4) is 0 Å². The fourth-order valence-corrected chi connectivity index (χ4v) is 4.23. The van der Waals surface area contributed by atoms with E-state index in [1.165, 1.54) is 17.1 Å². The van der Waals surface area contributed by atoms with Gasteiger partial charge < -0.3 is 10.0 Å². The number of nitrogens with zero attached hydrogens (tertiary/aromatic N) is 3. The summed E-state index contributed by atoms with van der Waals surface area (Å²) in [6.45, 7) is 2.08. The zero-order chi connectivity index (χ0) is 17.3. The van der Waals surface area contributed by atoms with Crippen LogP contribution in [0.1, 0.15) is 62.2 Å². The number of hydrogen-bond donors (Lipinski definition) is 1. The maximum absolute atomic E-state index is 12.8. The summed E-state index contributed by atoms with van der Waals surface area (Å²) in [7, 11) is 1.77. The van der Waals surface area contributed by atoms with Crippen LogP contribution in [0.3, 0.4) is 0 Å². The van der Waals surface area contributed by atoms with Gasteiger partial charge in [-0.15, -0.1) is 11.3 Å². The molecule has 0 spiro atoms. The summed E-state index contributed by atoms with van der Waals surface area (Å²) in [6, 6.07) is 2.88. The molecule has 2 heterocycles. The molecular formula is C17H19N3O3S. The van der Waals surface area contributed by atoms with Gasteiger partial charge in [0.15, 0.2) is 0 Å². The number of fused-ring (bicyclic) bond motifs is 1. The first kappa shape index (κ1) is 16.6. The Labute approximate surface area is 144 Å². The number of rotatable bonds is 4. The molecule has 1 amide bonds. The van der Waals surface area contributed by atoms with Crippen LogP contribution in [0.4, 0.5) is 0 Å². The molecule has 1 unspecified atom stereocenters. The van der Waals surface area contributed by atoms with Crippen LogP contribution in [0.25, 0.3) is 0 Å². The average molecular weight is 345 g/mol. The van der Waals surface area contributed by atoms with Gasteiger partial charge in [0.1, 0.15) is 5.69 Å². The van der Waals surface area contributed by atoms with Crippen LogP contribution in [0, 0.1) is 0 Å². The highest BCUT2D eigenvalue weighted by Gasteiger charge is 2.30. The van der Waals surface area contributed by atoms with E-state index in [1.54, 1.807) is 29.4 Å². The van der Waals surface area contributed by atoms with E-state index in [4.69, 9.17) is 5.11 Å². The second kappa shape index (κ2) is 6.68. The Morgan fingerprint density at radius 2 is 2.25 bits per heavy atom. The van der Waals surface area contributed by atoms with Gasteiger partial charge in [0.25, 0.3) is 5.91 Å². The van der Waals surface area contributed by atoms with Crippen molar-refractivity contribution in [2.75, 3.05) is 7.05 Å². The average Bonchev–Trinajstić information content (AvgIpc) is 3.03. The summed E-state index contributed by atoms with van der Waals surface area (Å²) in [5.41, 5.74) is 1.33. The van der Waals surface area contributed by atoms with Gasteiger partial charge in [-0.05, 0) is 37.8 Å². The molecule has 7 heteroatoms. The van der Waals surface area contributed by atoms with E-state index in [1.807, 2.05) is 0 Å². The summed E-state index contributed by atoms with van der Waals surface area (Å²) >= 11 is 1.68. The quantitative estimate of drug-likeness (QED) is 0.921. The van der Waals surface area contributed by atoms with Crippen LogP contribution in [-0.4, -0.2) is 38.9 Å². The van der Waals surface area contributed by atoms with Crippen molar-refractivity contribution < 1.29 is 14.7 Å². The Bertz CT molecular complexity index is 787. The van der Waals surface area contributed by atoms with Crippen molar-refractivity contribution in [3.05, 3.63) is 45.2 Å². The lowest BCUT2D eigenvalue weighted by atomic mass is 9.96. The fourth-order valence-electron chi connectivity index (χ4n) is 2.99. The monoisotopic (exact) mass is 345 g/mol. The van der Waals surface area contributed by atoms with Crippen LogP contribution in [0.5, 0.6) is 0 Å². The molecule has 0 bridgehead atoms. The van der Waals surface area contributed by atoms with Crippen molar-refractivity contribution in [1.29, 1.82) is 0 Å². The molecule has 0 aliphatic heterocycles. The Morgan fingerprint density at radius 3 is 2.96 bits per heavy atom. The van der Waals surface area contributed by atoms with E-state index in [9.17, 15) is 9.59 Å². The highest BCUT2D eigenvalue weighted by Crippen LogP contribution is 2.38. The summed E-state index contributed by atoms with van der Waals surface area (Å²) < 4.78 is 0. The summed E-state index contributed by atoms with van der Waals surface area (Å²) in [6.07, 6.45) is 5.12. The lowest BCUT2D eigenvalue weighted by Gasteiger charge is -2.30. The van der Waals surface area contributed by atoms with Crippen LogP contribution in [-0.2, 0) is 12.8 Å². The standard InChI is InChI=1S/C17H19N3O3S/c1-3-14-19-11-5-4-6-13(15(11)24-14)20(2)16(21)10-7-8-18-12(9-10)17(22)23/h7-9,13H,3-6H2,1-2H3,(H,22,23). The molecule has 0 aromatic carbocycles. The van der Waals surface area contributed by atoms with E-state index < -0.39 is 5.97 Å². The molecule has 1 N–H and O–H groups in total. The van der Waals surface area contributed by atoms with Crippen molar-refractivity contribution >= 4 is 23.2 Å². The number of carbonyl (C=O) groups is 2. The van der Waals surface area contributed by atoms with Gasteiger partial charge in [0.2, 0.25) is 0 Å². The minimum Gasteiger partial charge on any atom is -0.477 e. The largest absolute Gasteiger partial charge is 0.477 e. The summed E-state index contributed by atoms with van der Waals surface area (Å²) in [4.78, 5) is 35.1. The van der Waals surface area contributed by atoms with Crippen LogP contribution in [0.15, 0.2) is 18.3 Å². The van der Waals surface area contributed by atoms with Gasteiger partial charge in [0, 0.05) is 18.8 Å². The lowest BCUT2D eigenvalue weighted by Crippen LogP contribution is -2.33. The topological polar surface area (TPSA) is 83.4 Å². The Hall–Kier alpha value is -2.28. The van der Waals surface area contributed by atoms with E-state index in [0.29, 0.717) is 5.56 Å². The first-order chi connectivity index (χ1) is 11.5. The van der Waals surface area contributed by atoms with Gasteiger partial charge in [-0.3, -0.25) is 4.79 Å². The summed E-state index contributed by atoms with van der Waals surface area (Å²) in [5.74, 6) is -1.33. The minimum atomic E-state index is -1.14. The fraction of sp³-hybridized carbons (Fsp3) is 0.412. The third-order valence-corrected chi connectivity index (χ3v) is 5.63. The number of aromatic carboxylic acids is 1. The van der Waals surface area contributed by atoms with Gasteiger partial charge in [-0.2, -0.15) is 0 Å². The number of carbonyl (C=O) groups excluding carboxylic acids is 1. The molecule has 0 radical (unpaired) electrons. The van der Waals surface area contributed by atoms with E-state index in [2.05, 4.69) is 16.9 Å². The predicted octanol–water partition coefficient (Wildman–Crippen LogP) is 2.95. The number of carboxylic acids is 1. The number of carboxylic acid groups (broad SMARTS) is 1. The highest BCUT2D eigenvalue weighted by molar-refractivity contribution is 7.11. The Kier molecular flexibility index (Phi) is 4.62. The van der Waals surface area contributed by atoms with Crippen molar-refractivity contribution in [1.82, 2.24) is 14.9 Å². The van der Waals surface area contributed by atoms with Crippen molar-refractivity contribution in [2.45, 2.75) is 38.6 Å². The third kappa shape index (κ3) is 3.03. The minimum absolute atomic E-state index is 0.000457. The van der Waals surface area contributed by atoms with Gasteiger partial charge in [-0.25, -0.2) is 14.8 Å². The lowest BCUT2D eigenvalue weighted by molar-refractivity contribution is 0.0690. The zero-order valence-electron chi connectivity index (χ0n) is 13.7. The smallest absolute Gasteiger partial charge is 0.354 e. The SMILES string of the molecule is CCc1nc2c(s1)C(N(C)C(=O)c1ccnc(C(=O)O)c1)CCC2. The molecule has 0 fully saturated rings. The van der Waals surface area contributed by atoms with Gasteiger partial charge >= 0.3 is 5.97 Å². The maximum atomic E-state index is 12.8. The number of amides is 1. The van der Waals surface area contributed by atoms with Gasteiger partial charge in [0.05, 0.1) is 21.6 Å². The molecular weight excluding hydrogens is 326 g/mol. The zero-order valence-corrected chi connectivity index (χ0v) is 14.5. The Morgan fingerprint density at radius 1 is 1.46 bits per heavy atom. The first-order valence-electron chi connectivity index (χ1n) is 7.96. The van der Waals surface area contributed by atoms with Crippen LogP contribution < -0.4 is 0 Å². The first-order valence-corrected chi connectivity index (χ1v) is 8.78. The van der Waals surface area contributed by atoms with Crippen LogP contribution in [0.2, 0.25) is 0 Å². The Balaban J connectivity index is 1.88. The van der Waals surface area contributed by atoms with E-state index >= 15 is 0 Å². The molecule has 1 atom stereocenters. The molecule has 126 valence electrons. The molecule has 0 saturated carbocycles. The molecule has 0 saturated heterocycles. The number of hydrogen-bond acceptors (Lipinski definition) is 5. The third-order valence-electron chi connectivity index (χ3n) is 4.28. The van der Waals surface area contributed by atoms with Crippen molar-refractivity contribution in [3.63, 3.8) is 0 Å². The summed E-state index contributed by atoms with van der Waals surface area (Å²) in [5, 5.41) is 10.1. The molecule has 6 nitrogen and oxygen atoms in total. The van der Waals surface area contributed by atoms with E-state index in [0.717, 1.165) is 36.4 Å². The molecule has 2 aromatic rings. The van der Waals surface area contributed by atoms with Gasteiger partial charge in [-0.1, -0.05) is 6.92 Å². The normalized spacial score (nSPS) is 16.5. The number of aryl methyl sites for hydroxylation is 2. The highest BCUT2D eigenvalue weighted by atomic mass is 32.1. The van der Waals surface area contributed by atoms with Crippen LogP contribution >= 0.6 is 11.3 Å². The molecule has 2 aromatic heterocycles.